The average Bonchev–Trinajstić information content (AvgIpc) is 2.48. The minimum absolute atomic E-state index is 0.109. The smallest absolute Gasteiger partial charge is 0.152 e. The molecule has 3 N–H and O–H groups in total. The fourth-order valence-electron chi connectivity index (χ4n) is 2.06. The molecule has 0 unspecified atom stereocenters. The van der Waals surface area contributed by atoms with Crippen LogP contribution in [0, 0.1) is 0 Å². The fourth-order valence-corrected chi connectivity index (χ4v) is 2.55. The van der Waals surface area contributed by atoms with Crippen LogP contribution in [0.15, 0.2) is 42.6 Å². The molecule has 1 aromatic heterocycles. The summed E-state index contributed by atoms with van der Waals surface area (Å²) in [5.41, 5.74) is 1.87. The molecule has 6 heteroatoms. The third kappa shape index (κ3) is 2.55. The lowest BCUT2D eigenvalue weighted by atomic mass is 10.1. The quantitative estimate of drug-likeness (QED) is 0.599. The van der Waals surface area contributed by atoms with E-state index in [1.165, 1.54) is 0 Å². The molecule has 0 aliphatic heterocycles. The molecule has 0 aliphatic rings. The molecule has 0 amide bonds. The molecule has 0 bridgehead atoms. The van der Waals surface area contributed by atoms with Gasteiger partial charge in [-0.15, -0.1) is 0 Å². The summed E-state index contributed by atoms with van der Waals surface area (Å²) in [5, 5.41) is 23.6. The zero-order chi connectivity index (χ0) is 15.0. The van der Waals surface area contributed by atoms with E-state index < -0.39 is 0 Å². The Bertz CT molecular complexity index is 814. The Kier molecular flexibility index (Phi) is 3.49. The molecule has 0 saturated carbocycles. The van der Waals surface area contributed by atoms with Crippen molar-refractivity contribution in [2.45, 2.75) is 0 Å². The first kappa shape index (κ1) is 13.8. The number of phenols is 2. The maximum Gasteiger partial charge on any atom is 0.152 e. The van der Waals surface area contributed by atoms with Crippen LogP contribution < -0.4 is 5.32 Å². The number of pyridine rings is 1. The number of rotatable bonds is 2. The summed E-state index contributed by atoms with van der Waals surface area (Å²) in [6, 6.07) is 10.0. The number of nitrogens with one attached hydrogen (secondary N) is 1. The van der Waals surface area contributed by atoms with E-state index in [0.717, 1.165) is 11.1 Å². The summed E-state index contributed by atoms with van der Waals surface area (Å²) in [6.45, 7) is 0. The average molecular weight is 321 g/mol. The summed E-state index contributed by atoms with van der Waals surface area (Å²) in [5.74, 6) is -0.0426. The van der Waals surface area contributed by atoms with Gasteiger partial charge in [0.2, 0.25) is 0 Å². The van der Waals surface area contributed by atoms with Crippen LogP contribution in [0.4, 0.5) is 11.4 Å². The Balaban J connectivity index is 2.09. The molecule has 0 fully saturated rings. The first-order valence-corrected chi connectivity index (χ1v) is 6.83. The van der Waals surface area contributed by atoms with Gasteiger partial charge in [-0.3, -0.25) is 4.98 Å². The van der Waals surface area contributed by atoms with Crippen molar-refractivity contribution in [1.82, 2.24) is 4.98 Å². The number of aromatic hydroxyl groups is 2. The van der Waals surface area contributed by atoms with Gasteiger partial charge in [-0.2, -0.15) is 0 Å². The highest BCUT2D eigenvalue weighted by Crippen LogP contribution is 2.37. The van der Waals surface area contributed by atoms with Crippen LogP contribution in [0.1, 0.15) is 0 Å². The molecule has 0 atom stereocenters. The highest BCUT2D eigenvalue weighted by atomic mass is 35.5. The fraction of sp³-hybridized carbons (Fsp3) is 0. The van der Waals surface area contributed by atoms with Crippen molar-refractivity contribution in [3.8, 4) is 11.5 Å². The van der Waals surface area contributed by atoms with Gasteiger partial charge in [-0.1, -0.05) is 23.2 Å². The maximum atomic E-state index is 9.82. The topological polar surface area (TPSA) is 65.4 Å². The largest absolute Gasteiger partial charge is 0.506 e. The number of fused-ring (bicyclic) bond motifs is 1. The molecule has 0 saturated heterocycles. The van der Waals surface area contributed by atoms with Gasteiger partial charge >= 0.3 is 0 Å². The number of phenolic OH excluding ortho intramolecular Hbond substituents is 2. The number of halogens is 2. The van der Waals surface area contributed by atoms with Crippen LogP contribution in [-0.2, 0) is 0 Å². The monoisotopic (exact) mass is 320 g/mol. The van der Waals surface area contributed by atoms with E-state index in [0.29, 0.717) is 11.2 Å². The number of hydrogen-bond donors (Lipinski definition) is 3. The second kappa shape index (κ2) is 5.31. The second-order valence-electron chi connectivity index (χ2n) is 4.45. The number of benzene rings is 2. The Morgan fingerprint density at radius 3 is 2.43 bits per heavy atom. The Morgan fingerprint density at radius 1 is 1.00 bits per heavy atom. The Morgan fingerprint density at radius 2 is 1.71 bits per heavy atom. The zero-order valence-electron chi connectivity index (χ0n) is 10.6. The van der Waals surface area contributed by atoms with Crippen molar-refractivity contribution in [2.24, 2.45) is 0 Å². The van der Waals surface area contributed by atoms with Gasteiger partial charge in [0, 0.05) is 23.0 Å². The zero-order valence-corrected chi connectivity index (χ0v) is 12.2. The number of hydrogen-bond acceptors (Lipinski definition) is 4. The van der Waals surface area contributed by atoms with Gasteiger partial charge < -0.3 is 15.5 Å². The molecule has 0 aliphatic carbocycles. The van der Waals surface area contributed by atoms with E-state index in [2.05, 4.69) is 10.3 Å². The van der Waals surface area contributed by atoms with Crippen LogP contribution >= 0.6 is 23.2 Å². The summed E-state index contributed by atoms with van der Waals surface area (Å²) in [6.07, 6.45) is 1.61. The Hall–Kier alpha value is -2.17. The van der Waals surface area contributed by atoms with Crippen LogP contribution in [0.5, 0.6) is 11.5 Å². The molecular weight excluding hydrogens is 311 g/mol. The summed E-state index contributed by atoms with van der Waals surface area (Å²) >= 11 is 11.8. The predicted octanol–water partition coefficient (Wildman–Crippen LogP) is 4.70. The van der Waals surface area contributed by atoms with E-state index in [1.54, 1.807) is 36.5 Å². The van der Waals surface area contributed by atoms with Crippen molar-refractivity contribution >= 4 is 45.5 Å². The maximum absolute atomic E-state index is 9.82. The number of anilines is 2. The number of aromatic nitrogens is 1. The van der Waals surface area contributed by atoms with Crippen LogP contribution in [0.2, 0.25) is 10.0 Å². The molecule has 3 aromatic rings. The second-order valence-corrected chi connectivity index (χ2v) is 5.26. The van der Waals surface area contributed by atoms with Crippen LogP contribution in [0.3, 0.4) is 0 Å². The molecule has 4 nitrogen and oxygen atoms in total. The van der Waals surface area contributed by atoms with Crippen molar-refractivity contribution in [2.75, 3.05) is 5.32 Å². The van der Waals surface area contributed by atoms with E-state index in [4.69, 9.17) is 23.2 Å². The molecule has 2 aromatic carbocycles. The summed E-state index contributed by atoms with van der Waals surface area (Å²) in [7, 11) is 0. The van der Waals surface area contributed by atoms with Crippen molar-refractivity contribution < 1.29 is 10.2 Å². The van der Waals surface area contributed by atoms with Crippen LogP contribution in [-0.4, -0.2) is 15.2 Å². The molecule has 0 spiro atoms. The van der Waals surface area contributed by atoms with Crippen molar-refractivity contribution in [1.29, 1.82) is 0 Å². The summed E-state index contributed by atoms with van der Waals surface area (Å²) in [4.78, 5) is 4.15. The van der Waals surface area contributed by atoms with Crippen LogP contribution in [0.25, 0.3) is 10.9 Å². The summed E-state index contributed by atoms with van der Waals surface area (Å²) < 4.78 is 0. The molecular formula is C15H10Cl2N2O2. The van der Waals surface area contributed by atoms with E-state index in [-0.39, 0.29) is 21.5 Å². The normalized spacial score (nSPS) is 10.8. The van der Waals surface area contributed by atoms with Gasteiger partial charge in [0.25, 0.3) is 0 Å². The molecule has 21 heavy (non-hydrogen) atoms. The van der Waals surface area contributed by atoms with E-state index in [9.17, 15) is 10.2 Å². The predicted molar refractivity (Wildman–Crippen MR) is 84.8 cm³/mol. The highest BCUT2D eigenvalue weighted by molar-refractivity contribution is 6.37. The first-order chi connectivity index (χ1) is 10.1. The van der Waals surface area contributed by atoms with Gasteiger partial charge in [0.05, 0.1) is 10.0 Å². The molecule has 1 heterocycles. The van der Waals surface area contributed by atoms with Gasteiger partial charge in [-0.05, 0) is 36.4 Å². The lowest BCUT2D eigenvalue weighted by Gasteiger charge is -2.12. The minimum Gasteiger partial charge on any atom is -0.506 e. The first-order valence-electron chi connectivity index (χ1n) is 6.08. The lowest BCUT2D eigenvalue weighted by Crippen LogP contribution is -1.93. The third-order valence-electron chi connectivity index (χ3n) is 3.04. The number of nitrogens with zero attached hydrogens (tertiary/aromatic N) is 1. The third-order valence-corrected chi connectivity index (χ3v) is 3.62. The Labute approximate surface area is 130 Å². The highest BCUT2D eigenvalue weighted by Gasteiger charge is 2.09. The lowest BCUT2D eigenvalue weighted by molar-refractivity contribution is 0.476. The van der Waals surface area contributed by atoms with Gasteiger partial charge in [-0.25, -0.2) is 0 Å². The SMILES string of the molecule is Oc1c(Cl)cc(Nc2ccc(O)c3ncccc23)cc1Cl. The van der Waals surface area contributed by atoms with Gasteiger partial charge in [0.15, 0.2) is 5.75 Å². The van der Waals surface area contributed by atoms with Crippen molar-refractivity contribution in [3.63, 3.8) is 0 Å². The minimum atomic E-state index is -0.152. The van der Waals surface area contributed by atoms with Gasteiger partial charge in [0.1, 0.15) is 11.3 Å². The standard InChI is InChI=1S/C15H10Cl2N2O2/c16-10-6-8(7-11(17)15(10)21)19-12-3-4-13(20)14-9(12)2-1-5-18-14/h1-7,19-21H. The molecule has 106 valence electrons. The molecule has 0 radical (unpaired) electrons. The van der Waals surface area contributed by atoms with E-state index >= 15 is 0 Å². The van der Waals surface area contributed by atoms with E-state index in [1.807, 2.05) is 6.07 Å². The van der Waals surface area contributed by atoms with Crippen molar-refractivity contribution in [3.05, 3.63) is 52.6 Å². The molecule has 3 rings (SSSR count).